The lowest BCUT2D eigenvalue weighted by Crippen LogP contribution is -2.26. The van der Waals surface area contributed by atoms with Crippen molar-refractivity contribution in [3.63, 3.8) is 0 Å². The van der Waals surface area contributed by atoms with Crippen LogP contribution < -0.4 is 15.7 Å². The van der Waals surface area contributed by atoms with Gasteiger partial charge in [-0.25, -0.2) is 0 Å². The molecule has 22 heavy (non-hydrogen) atoms. The SMILES string of the molecule is CN[P@](=O)(c1ccccc1)c1ccccc1-c1ccccc1. The van der Waals surface area contributed by atoms with Crippen LogP contribution in [0.4, 0.5) is 0 Å². The minimum Gasteiger partial charge on any atom is -0.297 e. The van der Waals surface area contributed by atoms with Crippen LogP contribution in [0, 0.1) is 0 Å². The van der Waals surface area contributed by atoms with Crippen molar-refractivity contribution in [2.24, 2.45) is 0 Å². The summed E-state index contributed by atoms with van der Waals surface area (Å²) in [5.41, 5.74) is 2.08. The first kappa shape index (κ1) is 14.8. The summed E-state index contributed by atoms with van der Waals surface area (Å²) >= 11 is 0. The van der Waals surface area contributed by atoms with Crippen LogP contribution in [0.2, 0.25) is 0 Å². The van der Waals surface area contributed by atoms with Crippen LogP contribution in [-0.2, 0) is 4.57 Å². The van der Waals surface area contributed by atoms with Gasteiger partial charge in [0.05, 0.1) is 0 Å². The van der Waals surface area contributed by atoms with E-state index >= 15 is 0 Å². The Kier molecular flexibility index (Phi) is 4.24. The van der Waals surface area contributed by atoms with E-state index in [4.69, 9.17) is 0 Å². The molecule has 0 amide bonds. The molecule has 3 aromatic rings. The van der Waals surface area contributed by atoms with E-state index in [0.717, 1.165) is 21.7 Å². The van der Waals surface area contributed by atoms with Crippen molar-refractivity contribution in [2.75, 3.05) is 7.05 Å². The van der Waals surface area contributed by atoms with Gasteiger partial charge in [-0.15, -0.1) is 0 Å². The first-order chi connectivity index (χ1) is 10.8. The highest BCUT2D eigenvalue weighted by Crippen LogP contribution is 2.41. The van der Waals surface area contributed by atoms with Gasteiger partial charge in [-0.05, 0) is 36.4 Å². The van der Waals surface area contributed by atoms with Gasteiger partial charge in [0.1, 0.15) is 0 Å². The normalized spacial score (nSPS) is 13.5. The summed E-state index contributed by atoms with van der Waals surface area (Å²) < 4.78 is 13.7. The molecule has 0 heterocycles. The molecule has 0 saturated heterocycles. The van der Waals surface area contributed by atoms with Gasteiger partial charge in [-0.2, -0.15) is 0 Å². The molecule has 0 spiro atoms. The molecule has 3 heteroatoms. The molecule has 0 aromatic heterocycles. The van der Waals surface area contributed by atoms with Gasteiger partial charge in [0.15, 0.2) is 0 Å². The van der Waals surface area contributed by atoms with Gasteiger partial charge in [0.2, 0.25) is 7.29 Å². The van der Waals surface area contributed by atoms with Crippen molar-refractivity contribution < 1.29 is 4.57 Å². The number of rotatable bonds is 4. The molecule has 0 saturated carbocycles. The molecule has 2 nitrogen and oxygen atoms in total. The fourth-order valence-corrected chi connectivity index (χ4v) is 4.84. The van der Waals surface area contributed by atoms with Crippen LogP contribution in [0.25, 0.3) is 11.1 Å². The minimum absolute atomic E-state index is 0.820. The van der Waals surface area contributed by atoms with E-state index < -0.39 is 7.29 Å². The van der Waals surface area contributed by atoms with Crippen molar-refractivity contribution >= 4 is 17.9 Å². The molecule has 0 aliphatic carbocycles. The summed E-state index contributed by atoms with van der Waals surface area (Å²) in [6.07, 6.45) is 0. The van der Waals surface area contributed by atoms with E-state index in [-0.39, 0.29) is 0 Å². The fourth-order valence-electron chi connectivity index (χ4n) is 2.64. The topological polar surface area (TPSA) is 29.1 Å². The Labute approximate surface area is 131 Å². The van der Waals surface area contributed by atoms with Crippen LogP contribution in [0.15, 0.2) is 84.9 Å². The molecule has 0 aliphatic heterocycles. The van der Waals surface area contributed by atoms with E-state index in [1.165, 1.54) is 0 Å². The minimum atomic E-state index is -2.86. The van der Waals surface area contributed by atoms with Crippen molar-refractivity contribution in [3.8, 4) is 11.1 Å². The lowest BCUT2D eigenvalue weighted by molar-refractivity contribution is 0.582. The zero-order chi connectivity index (χ0) is 15.4. The van der Waals surface area contributed by atoms with Gasteiger partial charge in [-0.1, -0.05) is 66.7 Å². The number of benzene rings is 3. The summed E-state index contributed by atoms with van der Waals surface area (Å²) in [4.78, 5) is 0. The molecule has 3 aromatic carbocycles. The molecule has 3 rings (SSSR count). The number of nitrogens with one attached hydrogen (secondary N) is 1. The standard InChI is InChI=1S/C19H18NOP/c1-20-22(21,17-12-6-3-7-13-17)19-15-9-8-14-18(19)16-10-4-2-5-11-16/h2-15H,1H3,(H,20,21)/t22-/m0/s1. The maximum absolute atomic E-state index is 13.7. The smallest absolute Gasteiger partial charge is 0.204 e. The van der Waals surface area contributed by atoms with Crippen molar-refractivity contribution in [1.82, 2.24) is 5.09 Å². The zero-order valence-electron chi connectivity index (χ0n) is 12.4. The third kappa shape index (κ3) is 2.64. The Morgan fingerprint density at radius 2 is 1.27 bits per heavy atom. The van der Waals surface area contributed by atoms with Gasteiger partial charge in [-0.3, -0.25) is 9.65 Å². The zero-order valence-corrected chi connectivity index (χ0v) is 13.3. The Morgan fingerprint density at radius 3 is 1.91 bits per heavy atom. The van der Waals surface area contributed by atoms with E-state index in [1.807, 2.05) is 84.9 Å². The summed E-state index contributed by atoms with van der Waals surface area (Å²) in [6, 6.07) is 27.6. The predicted octanol–water partition coefficient (Wildman–Crippen LogP) is 3.80. The molecule has 0 bridgehead atoms. The van der Waals surface area contributed by atoms with Gasteiger partial charge >= 0.3 is 0 Å². The fraction of sp³-hybridized carbons (Fsp3) is 0.0526. The van der Waals surface area contributed by atoms with Crippen molar-refractivity contribution in [2.45, 2.75) is 0 Å². The molecular weight excluding hydrogens is 289 g/mol. The third-order valence-corrected chi connectivity index (χ3v) is 6.49. The maximum Gasteiger partial charge on any atom is 0.204 e. The summed E-state index contributed by atoms with van der Waals surface area (Å²) in [7, 11) is -1.10. The number of hydrogen-bond donors (Lipinski definition) is 1. The summed E-state index contributed by atoms with van der Waals surface area (Å²) in [5.74, 6) is 0. The lowest BCUT2D eigenvalue weighted by Gasteiger charge is -2.21. The van der Waals surface area contributed by atoms with Crippen molar-refractivity contribution in [3.05, 3.63) is 84.9 Å². The van der Waals surface area contributed by atoms with Gasteiger partial charge in [0, 0.05) is 10.6 Å². The van der Waals surface area contributed by atoms with Crippen LogP contribution >= 0.6 is 7.29 Å². The lowest BCUT2D eigenvalue weighted by atomic mass is 10.1. The molecule has 1 atom stereocenters. The summed E-state index contributed by atoms with van der Waals surface area (Å²) in [5, 5.41) is 4.74. The number of hydrogen-bond acceptors (Lipinski definition) is 1. The highest BCUT2D eigenvalue weighted by molar-refractivity contribution is 7.77. The highest BCUT2D eigenvalue weighted by Gasteiger charge is 2.27. The average molecular weight is 307 g/mol. The van der Waals surface area contributed by atoms with E-state index in [9.17, 15) is 4.57 Å². The second-order valence-corrected chi connectivity index (χ2v) is 7.72. The van der Waals surface area contributed by atoms with Crippen molar-refractivity contribution in [1.29, 1.82) is 0 Å². The summed E-state index contributed by atoms with van der Waals surface area (Å²) in [6.45, 7) is 0. The molecular formula is C19H18NOP. The van der Waals surface area contributed by atoms with Crippen LogP contribution in [0.1, 0.15) is 0 Å². The average Bonchev–Trinajstić information content (AvgIpc) is 2.62. The molecule has 0 radical (unpaired) electrons. The van der Waals surface area contributed by atoms with Crippen LogP contribution in [-0.4, -0.2) is 7.05 Å². The molecule has 0 fully saturated rings. The Bertz CT molecular complexity index is 800. The van der Waals surface area contributed by atoms with Crippen LogP contribution in [0.5, 0.6) is 0 Å². The van der Waals surface area contributed by atoms with E-state index in [0.29, 0.717) is 0 Å². The quantitative estimate of drug-likeness (QED) is 0.743. The predicted molar refractivity (Wildman–Crippen MR) is 94.3 cm³/mol. The Hall–Kier alpha value is -2.15. The third-order valence-electron chi connectivity index (χ3n) is 3.76. The monoisotopic (exact) mass is 307 g/mol. The Morgan fingerprint density at radius 1 is 0.727 bits per heavy atom. The van der Waals surface area contributed by atoms with Gasteiger partial charge < -0.3 is 0 Å². The molecule has 0 unspecified atom stereocenters. The highest BCUT2D eigenvalue weighted by atomic mass is 31.2. The first-order valence-electron chi connectivity index (χ1n) is 7.25. The Balaban J connectivity index is 2.22. The maximum atomic E-state index is 13.7. The molecule has 0 aliphatic rings. The van der Waals surface area contributed by atoms with E-state index in [2.05, 4.69) is 5.09 Å². The first-order valence-corrected chi connectivity index (χ1v) is 8.96. The van der Waals surface area contributed by atoms with Gasteiger partial charge in [0.25, 0.3) is 0 Å². The second-order valence-electron chi connectivity index (χ2n) is 5.05. The largest absolute Gasteiger partial charge is 0.297 e. The second kappa shape index (κ2) is 6.31. The van der Waals surface area contributed by atoms with Crippen LogP contribution in [0.3, 0.4) is 0 Å². The molecule has 1 N–H and O–H groups in total. The molecule has 110 valence electrons. The van der Waals surface area contributed by atoms with E-state index in [1.54, 1.807) is 7.05 Å².